The zero-order valence-corrected chi connectivity index (χ0v) is 16.9. The van der Waals surface area contributed by atoms with Gasteiger partial charge in [-0.3, -0.25) is 9.59 Å². The average Bonchev–Trinajstić information content (AvgIpc) is 2.60. The second-order valence-corrected chi connectivity index (χ2v) is 8.86. The van der Waals surface area contributed by atoms with E-state index in [4.69, 9.17) is 0 Å². The summed E-state index contributed by atoms with van der Waals surface area (Å²) in [7, 11) is 0. The number of carbonyl (C=O) groups is 2. The number of hydrogen-bond donors (Lipinski definition) is 2. The van der Waals surface area contributed by atoms with E-state index in [-0.39, 0.29) is 11.3 Å². The van der Waals surface area contributed by atoms with Crippen molar-refractivity contribution in [3.05, 3.63) is 29.8 Å². The summed E-state index contributed by atoms with van der Waals surface area (Å²) >= 11 is 1.32. The lowest BCUT2D eigenvalue weighted by Gasteiger charge is -2.37. The standard InChI is InChI=1S/C21H31NO3S/c1-15(2)14-21(11-7-4-8-12-21)20(25)22-17-10-6-5-9-16(17)13-18(26-3)19(23)24/h5-6,9-10,15,18H,4,7-8,11-14H2,1-3H3,(H,22,25)(H,23,24). The lowest BCUT2D eigenvalue weighted by Crippen LogP contribution is -2.39. The highest BCUT2D eigenvalue weighted by atomic mass is 32.2. The van der Waals surface area contributed by atoms with Crippen LogP contribution in [0.15, 0.2) is 24.3 Å². The highest BCUT2D eigenvalue weighted by Crippen LogP contribution is 2.42. The van der Waals surface area contributed by atoms with Crippen molar-refractivity contribution in [2.45, 2.75) is 64.0 Å². The average molecular weight is 378 g/mol. The topological polar surface area (TPSA) is 66.4 Å². The largest absolute Gasteiger partial charge is 0.480 e. The van der Waals surface area contributed by atoms with Gasteiger partial charge in [-0.1, -0.05) is 51.3 Å². The Hall–Kier alpha value is -1.49. The minimum absolute atomic E-state index is 0.106. The number of carboxylic acids is 1. The Morgan fingerprint density at radius 3 is 2.42 bits per heavy atom. The van der Waals surface area contributed by atoms with Gasteiger partial charge in [-0.15, -0.1) is 11.8 Å². The molecule has 0 aliphatic heterocycles. The first-order chi connectivity index (χ1) is 12.4. The Bertz CT molecular complexity index is 623. The molecule has 1 fully saturated rings. The predicted octanol–water partition coefficient (Wildman–Crippen LogP) is 4.98. The molecule has 1 aliphatic carbocycles. The van der Waals surface area contributed by atoms with Gasteiger partial charge in [0, 0.05) is 11.1 Å². The van der Waals surface area contributed by atoms with Gasteiger partial charge in [0.05, 0.1) is 0 Å². The maximum absolute atomic E-state index is 13.2. The maximum atomic E-state index is 13.2. The van der Waals surface area contributed by atoms with Gasteiger partial charge in [-0.05, 0) is 49.5 Å². The number of nitrogens with one attached hydrogen (secondary N) is 1. The zero-order chi connectivity index (χ0) is 19.2. The van der Waals surface area contributed by atoms with E-state index in [0.717, 1.165) is 43.4 Å². The first-order valence-corrected chi connectivity index (χ1v) is 10.8. The molecule has 1 aromatic rings. The van der Waals surface area contributed by atoms with E-state index in [9.17, 15) is 14.7 Å². The normalized spacial score (nSPS) is 17.7. The van der Waals surface area contributed by atoms with Crippen LogP contribution in [0.3, 0.4) is 0 Å². The number of rotatable bonds is 8. The molecule has 1 aromatic carbocycles. The minimum Gasteiger partial charge on any atom is -0.480 e. The molecule has 1 atom stereocenters. The van der Waals surface area contributed by atoms with Crippen molar-refractivity contribution in [1.29, 1.82) is 0 Å². The third kappa shape index (κ3) is 5.26. The quantitative estimate of drug-likeness (QED) is 0.670. The van der Waals surface area contributed by atoms with Gasteiger partial charge < -0.3 is 10.4 Å². The summed E-state index contributed by atoms with van der Waals surface area (Å²) in [6, 6.07) is 7.59. The summed E-state index contributed by atoms with van der Waals surface area (Å²) in [6.07, 6.45) is 8.43. The van der Waals surface area contributed by atoms with E-state index in [1.807, 2.05) is 24.3 Å². The van der Waals surface area contributed by atoms with Crippen molar-refractivity contribution in [3.8, 4) is 0 Å². The van der Waals surface area contributed by atoms with E-state index in [1.165, 1.54) is 18.2 Å². The molecule has 26 heavy (non-hydrogen) atoms. The van der Waals surface area contributed by atoms with E-state index in [2.05, 4.69) is 19.2 Å². The lowest BCUT2D eigenvalue weighted by atomic mass is 9.68. The molecule has 0 radical (unpaired) electrons. The number of amides is 1. The van der Waals surface area contributed by atoms with Crippen LogP contribution < -0.4 is 5.32 Å². The first-order valence-electron chi connectivity index (χ1n) is 9.53. The molecule has 0 spiro atoms. The fourth-order valence-electron chi connectivity index (χ4n) is 4.08. The summed E-state index contributed by atoms with van der Waals surface area (Å²) in [5.74, 6) is -0.237. The summed E-state index contributed by atoms with van der Waals surface area (Å²) in [6.45, 7) is 4.35. The molecule has 0 heterocycles. The van der Waals surface area contributed by atoms with E-state index >= 15 is 0 Å². The lowest BCUT2D eigenvalue weighted by molar-refractivity contribution is -0.136. The smallest absolute Gasteiger partial charge is 0.316 e. The molecule has 0 saturated heterocycles. The third-order valence-electron chi connectivity index (χ3n) is 5.32. The minimum atomic E-state index is -0.817. The van der Waals surface area contributed by atoms with Gasteiger partial charge in [-0.2, -0.15) is 0 Å². The molecular formula is C21H31NO3S. The Kier molecular flexibility index (Phi) is 7.56. The van der Waals surface area contributed by atoms with Crippen LogP contribution in [-0.4, -0.2) is 28.5 Å². The van der Waals surface area contributed by atoms with Crippen LogP contribution in [0, 0.1) is 11.3 Å². The van der Waals surface area contributed by atoms with E-state index in [0.29, 0.717) is 12.3 Å². The highest BCUT2D eigenvalue weighted by molar-refractivity contribution is 7.99. The number of benzene rings is 1. The van der Waals surface area contributed by atoms with Crippen LogP contribution in [0.2, 0.25) is 0 Å². The number of thioether (sulfide) groups is 1. The summed E-state index contributed by atoms with van der Waals surface area (Å²) in [5.41, 5.74) is 1.36. The monoisotopic (exact) mass is 377 g/mol. The Labute approximate surface area is 161 Å². The molecule has 0 bridgehead atoms. The fraction of sp³-hybridized carbons (Fsp3) is 0.619. The number of anilines is 1. The van der Waals surface area contributed by atoms with Crippen molar-refractivity contribution in [2.24, 2.45) is 11.3 Å². The Morgan fingerprint density at radius 2 is 1.85 bits per heavy atom. The van der Waals surface area contributed by atoms with Crippen molar-refractivity contribution in [3.63, 3.8) is 0 Å². The van der Waals surface area contributed by atoms with Gasteiger partial charge in [0.1, 0.15) is 5.25 Å². The van der Waals surface area contributed by atoms with Crippen LogP contribution >= 0.6 is 11.8 Å². The molecular weight excluding hydrogens is 346 g/mol. The second-order valence-electron chi connectivity index (χ2n) is 7.82. The molecule has 1 aliphatic rings. The SMILES string of the molecule is CSC(Cc1ccccc1NC(=O)C1(CC(C)C)CCCCC1)C(=O)O. The van der Waals surface area contributed by atoms with Crippen LogP contribution in [0.1, 0.15) is 57.9 Å². The predicted molar refractivity (Wildman–Crippen MR) is 109 cm³/mol. The number of carboxylic acid groups (broad SMARTS) is 1. The molecule has 5 heteroatoms. The van der Waals surface area contributed by atoms with Gasteiger partial charge in [0.25, 0.3) is 0 Å². The summed E-state index contributed by atoms with van der Waals surface area (Å²) in [5, 5.41) is 12.0. The number of carbonyl (C=O) groups excluding carboxylic acids is 1. The third-order valence-corrected chi connectivity index (χ3v) is 6.26. The molecule has 1 amide bonds. The molecule has 144 valence electrons. The van der Waals surface area contributed by atoms with Crippen molar-refractivity contribution >= 4 is 29.3 Å². The first kappa shape index (κ1) is 20.8. The van der Waals surface area contributed by atoms with Gasteiger partial charge in [0.2, 0.25) is 5.91 Å². The summed E-state index contributed by atoms with van der Waals surface area (Å²) in [4.78, 5) is 24.6. The van der Waals surface area contributed by atoms with Crippen LogP contribution in [-0.2, 0) is 16.0 Å². The van der Waals surface area contributed by atoms with E-state index < -0.39 is 11.2 Å². The maximum Gasteiger partial charge on any atom is 0.316 e. The molecule has 2 rings (SSSR count). The fourth-order valence-corrected chi connectivity index (χ4v) is 4.63. The Morgan fingerprint density at radius 1 is 1.19 bits per heavy atom. The van der Waals surface area contributed by atoms with Gasteiger partial charge >= 0.3 is 5.97 Å². The highest BCUT2D eigenvalue weighted by Gasteiger charge is 2.40. The van der Waals surface area contributed by atoms with Crippen LogP contribution in [0.4, 0.5) is 5.69 Å². The van der Waals surface area contributed by atoms with Crippen LogP contribution in [0.5, 0.6) is 0 Å². The molecule has 0 aromatic heterocycles. The van der Waals surface area contributed by atoms with Crippen LogP contribution in [0.25, 0.3) is 0 Å². The number of hydrogen-bond acceptors (Lipinski definition) is 3. The van der Waals surface area contributed by atoms with Crippen molar-refractivity contribution in [1.82, 2.24) is 0 Å². The number of aliphatic carboxylic acids is 1. The van der Waals surface area contributed by atoms with Gasteiger partial charge in [0.15, 0.2) is 0 Å². The second kappa shape index (κ2) is 9.45. The van der Waals surface area contributed by atoms with Crippen molar-refractivity contribution in [2.75, 3.05) is 11.6 Å². The van der Waals surface area contributed by atoms with E-state index in [1.54, 1.807) is 6.26 Å². The summed E-state index contributed by atoms with van der Waals surface area (Å²) < 4.78 is 0. The molecule has 1 unspecified atom stereocenters. The zero-order valence-electron chi connectivity index (χ0n) is 16.1. The van der Waals surface area contributed by atoms with Crippen molar-refractivity contribution < 1.29 is 14.7 Å². The van der Waals surface area contributed by atoms with Gasteiger partial charge in [-0.25, -0.2) is 0 Å². The molecule has 2 N–H and O–H groups in total. The Balaban J connectivity index is 2.20. The molecule has 1 saturated carbocycles. The molecule has 4 nitrogen and oxygen atoms in total. The number of para-hydroxylation sites is 1.